The first kappa shape index (κ1) is 28.9. The van der Waals surface area contributed by atoms with Gasteiger partial charge in [-0.1, -0.05) is 18.2 Å². The van der Waals surface area contributed by atoms with Crippen molar-refractivity contribution in [2.75, 3.05) is 31.8 Å². The molecule has 0 atom stereocenters. The molecule has 0 aliphatic rings. The zero-order valence-corrected chi connectivity index (χ0v) is 23.7. The second-order valence-corrected chi connectivity index (χ2v) is 9.80. The molecule has 5 aromatic rings. The third-order valence-corrected chi connectivity index (χ3v) is 6.23. The van der Waals surface area contributed by atoms with E-state index in [0.29, 0.717) is 39.7 Å². The molecule has 5 rings (SSSR count). The zero-order chi connectivity index (χ0) is 30.3. The molecule has 3 aromatic carbocycles. The molecule has 0 bridgehead atoms. The summed E-state index contributed by atoms with van der Waals surface area (Å²) in [7, 11) is 5.59. The first-order valence-corrected chi connectivity index (χ1v) is 13.3. The minimum absolute atomic E-state index is 0.169. The molecule has 0 unspecified atom stereocenters. The van der Waals surface area contributed by atoms with Crippen molar-refractivity contribution in [3.8, 4) is 22.9 Å². The highest BCUT2D eigenvalue weighted by atomic mass is 19.1. The molecule has 0 fully saturated rings. The smallest absolute Gasteiger partial charge is 0.262 e. The van der Waals surface area contributed by atoms with Crippen molar-refractivity contribution >= 4 is 34.2 Å². The van der Waals surface area contributed by atoms with Crippen LogP contribution in [0.4, 0.5) is 15.8 Å². The number of nitrogens with zero attached hydrogens (tertiary/aromatic N) is 4. The number of carbonyl (C=O) groups is 2. The maximum Gasteiger partial charge on any atom is 0.262 e. The van der Waals surface area contributed by atoms with Crippen LogP contribution >= 0.6 is 0 Å². The molecular formula is C31H29FN8O3. The first-order valence-electron chi connectivity index (χ1n) is 13.3. The number of carbonyl (C=O) groups excluding carboxylic acids is 2. The van der Waals surface area contributed by atoms with Crippen molar-refractivity contribution in [2.24, 2.45) is 0 Å². The van der Waals surface area contributed by atoms with E-state index < -0.39 is 17.6 Å². The maximum absolute atomic E-state index is 13.2. The summed E-state index contributed by atoms with van der Waals surface area (Å²) in [6, 6.07) is 19.9. The van der Waals surface area contributed by atoms with Crippen LogP contribution in [0.1, 0.15) is 5.56 Å². The summed E-state index contributed by atoms with van der Waals surface area (Å²) >= 11 is 0. The van der Waals surface area contributed by atoms with E-state index in [2.05, 4.69) is 53.1 Å². The van der Waals surface area contributed by atoms with Gasteiger partial charge in [0, 0.05) is 36.7 Å². The first-order chi connectivity index (χ1) is 20.8. The van der Waals surface area contributed by atoms with Gasteiger partial charge in [0.25, 0.3) is 11.8 Å². The van der Waals surface area contributed by atoms with Crippen LogP contribution in [-0.4, -0.2) is 58.0 Å². The molecule has 2 amide bonds. The lowest BCUT2D eigenvalue weighted by atomic mass is 10.1. The summed E-state index contributed by atoms with van der Waals surface area (Å²) in [5.41, 5.74) is 3.85. The molecule has 12 heteroatoms. The molecule has 218 valence electrons. The molecule has 4 N–H and O–H groups in total. The second kappa shape index (κ2) is 12.9. The second-order valence-electron chi connectivity index (χ2n) is 9.80. The Balaban J connectivity index is 1.31. The van der Waals surface area contributed by atoms with Crippen molar-refractivity contribution in [1.29, 1.82) is 0 Å². The normalized spacial score (nSPS) is 11.4. The number of anilines is 2. The van der Waals surface area contributed by atoms with Crippen LogP contribution in [0.2, 0.25) is 0 Å². The van der Waals surface area contributed by atoms with Crippen molar-refractivity contribution < 1.29 is 18.7 Å². The van der Waals surface area contributed by atoms with E-state index in [0.717, 1.165) is 17.7 Å². The highest BCUT2D eigenvalue weighted by Gasteiger charge is 2.20. The van der Waals surface area contributed by atoms with Gasteiger partial charge in [0.2, 0.25) is 5.88 Å². The summed E-state index contributed by atoms with van der Waals surface area (Å²) in [5, 5.41) is 16.1. The minimum atomic E-state index is -0.658. The molecule has 0 saturated heterocycles. The number of rotatable bonds is 10. The highest BCUT2D eigenvalue weighted by Crippen LogP contribution is 2.34. The highest BCUT2D eigenvalue weighted by molar-refractivity contribution is 6.26. The SMILES string of the molecule is CN/C=C(\C(=O)Nc1ccc(F)cc1)C(=O)Nc1ccc(Oc2ncnc3[nH]nc(-c4cccc(CN(C)C)c4)c23)cc1. The number of H-pyrrole nitrogens is 1. The summed E-state index contributed by atoms with van der Waals surface area (Å²) < 4.78 is 19.3. The van der Waals surface area contributed by atoms with Crippen LogP contribution in [0, 0.1) is 5.82 Å². The number of aromatic amines is 1. The fourth-order valence-electron chi connectivity index (χ4n) is 4.33. The van der Waals surface area contributed by atoms with Crippen LogP contribution < -0.4 is 20.7 Å². The Morgan fingerprint density at radius 2 is 1.63 bits per heavy atom. The Morgan fingerprint density at radius 1 is 0.953 bits per heavy atom. The third kappa shape index (κ3) is 7.00. The van der Waals surface area contributed by atoms with Gasteiger partial charge in [-0.25, -0.2) is 14.4 Å². The molecule has 2 aromatic heterocycles. The zero-order valence-electron chi connectivity index (χ0n) is 23.7. The minimum Gasteiger partial charge on any atom is -0.438 e. The van der Waals surface area contributed by atoms with Gasteiger partial charge >= 0.3 is 0 Å². The van der Waals surface area contributed by atoms with Crippen molar-refractivity contribution in [1.82, 2.24) is 30.4 Å². The number of aromatic nitrogens is 4. The molecule has 43 heavy (non-hydrogen) atoms. The maximum atomic E-state index is 13.2. The molecule has 0 aliphatic heterocycles. The predicted octanol–water partition coefficient (Wildman–Crippen LogP) is 4.69. The van der Waals surface area contributed by atoms with E-state index in [9.17, 15) is 14.0 Å². The van der Waals surface area contributed by atoms with E-state index in [1.165, 1.54) is 36.8 Å². The third-order valence-electron chi connectivity index (χ3n) is 6.23. The summed E-state index contributed by atoms with van der Waals surface area (Å²) in [4.78, 5) is 36.4. The molecule has 0 spiro atoms. The fraction of sp³-hybridized carbons (Fsp3) is 0.129. The van der Waals surface area contributed by atoms with Gasteiger partial charge in [0.1, 0.15) is 34.5 Å². The Morgan fingerprint density at radius 3 is 2.28 bits per heavy atom. The van der Waals surface area contributed by atoms with E-state index in [4.69, 9.17) is 4.74 Å². The Bertz CT molecular complexity index is 1780. The Hall–Kier alpha value is -5.62. The van der Waals surface area contributed by atoms with Gasteiger partial charge in [-0.3, -0.25) is 14.7 Å². The molecule has 0 aliphatic carbocycles. The van der Waals surface area contributed by atoms with Crippen LogP contribution in [0.5, 0.6) is 11.6 Å². The van der Waals surface area contributed by atoms with Gasteiger partial charge in [0.05, 0.1) is 0 Å². The van der Waals surface area contributed by atoms with Gasteiger partial charge < -0.3 is 25.6 Å². The number of hydrogen-bond donors (Lipinski definition) is 4. The fourth-order valence-corrected chi connectivity index (χ4v) is 4.33. The summed E-state index contributed by atoms with van der Waals surface area (Å²) in [6.45, 7) is 0.782. The standard InChI is InChI=1S/C31H29FN8O3/c1-33-16-25(29(41)36-22-9-7-21(32)8-10-22)30(42)37-23-11-13-24(14-12-23)43-31-26-27(38-39-28(26)34-18-35-31)20-6-4-5-19(15-20)17-40(2)3/h4-16,18,33H,17H2,1-3H3,(H,36,41)(H,37,42)(H,34,35,38,39)/b25-16+. The molecular weight excluding hydrogens is 551 g/mol. The lowest BCUT2D eigenvalue weighted by Crippen LogP contribution is -2.26. The van der Waals surface area contributed by atoms with E-state index in [1.807, 2.05) is 26.2 Å². The average Bonchev–Trinajstić information content (AvgIpc) is 3.43. The predicted molar refractivity (Wildman–Crippen MR) is 162 cm³/mol. The number of ether oxygens (including phenoxy) is 1. The number of amides is 2. The molecule has 0 saturated carbocycles. The summed E-state index contributed by atoms with van der Waals surface area (Å²) in [6.07, 6.45) is 2.67. The lowest BCUT2D eigenvalue weighted by Gasteiger charge is -2.11. The van der Waals surface area contributed by atoms with Crippen LogP contribution in [-0.2, 0) is 16.1 Å². The number of hydrogen-bond acceptors (Lipinski definition) is 8. The summed E-state index contributed by atoms with van der Waals surface area (Å²) in [5.74, 6) is -0.949. The lowest BCUT2D eigenvalue weighted by molar-refractivity contribution is -0.118. The monoisotopic (exact) mass is 580 g/mol. The number of halogens is 1. The molecule has 2 heterocycles. The van der Waals surface area contributed by atoms with E-state index in [-0.39, 0.29) is 5.57 Å². The van der Waals surface area contributed by atoms with Crippen LogP contribution in [0.25, 0.3) is 22.3 Å². The van der Waals surface area contributed by atoms with Crippen molar-refractivity contribution in [2.45, 2.75) is 6.54 Å². The van der Waals surface area contributed by atoms with E-state index >= 15 is 0 Å². The number of fused-ring (bicyclic) bond motifs is 1. The molecule has 11 nitrogen and oxygen atoms in total. The Labute approximate surface area is 246 Å². The van der Waals surface area contributed by atoms with Crippen molar-refractivity contribution in [3.05, 3.63) is 102 Å². The van der Waals surface area contributed by atoms with Gasteiger partial charge in [-0.15, -0.1) is 0 Å². The van der Waals surface area contributed by atoms with Gasteiger partial charge in [0.15, 0.2) is 5.65 Å². The Kier molecular flexibility index (Phi) is 8.68. The molecule has 0 radical (unpaired) electrons. The van der Waals surface area contributed by atoms with Gasteiger partial charge in [-0.2, -0.15) is 5.10 Å². The van der Waals surface area contributed by atoms with Crippen LogP contribution in [0.15, 0.2) is 90.9 Å². The number of nitrogens with one attached hydrogen (secondary N) is 4. The van der Waals surface area contributed by atoms with E-state index in [1.54, 1.807) is 31.3 Å². The topological polar surface area (TPSA) is 137 Å². The van der Waals surface area contributed by atoms with Crippen molar-refractivity contribution in [3.63, 3.8) is 0 Å². The van der Waals surface area contributed by atoms with Gasteiger partial charge in [-0.05, 0) is 74.3 Å². The largest absolute Gasteiger partial charge is 0.438 e. The van der Waals surface area contributed by atoms with Crippen LogP contribution in [0.3, 0.4) is 0 Å². The quantitative estimate of drug-likeness (QED) is 0.106. The number of benzene rings is 3. The average molecular weight is 581 g/mol.